The zero-order valence-electron chi connectivity index (χ0n) is 24.8. The molecule has 4 atom stereocenters. The van der Waals surface area contributed by atoms with Crippen LogP contribution in [0.25, 0.3) is 0 Å². The van der Waals surface area contributed by atoms with E-state index in [1.54, 1.807) is 13.8 Å². The Kier molecular flexibility index (Phi) is 10.5. The minimum atomic E-state index is -0.969. The van der Waals surface area contributed by atoms with E-state index in [2.05, 4.69) is 4.98 Å². The number of benzene rings is 3. The Labute approximate surface area is 255 Å². The highest BCUT2D eigenvalue weighted by molar-refractivity contribution is 5.68. The summed E-state index contributed by atoms with van der Waals surface area (Å²) in [6.07, 6.45) is -0.923. The first kappa shape index (κ1) is 31.1. The summed E-state index contributed by atoms with van der Waals surface area (Å²) in [6, 6.07) is 28.4. The molecule has 230 valence electrons. The number of ether oxygens (including phenoxy) is 3. The lowest BCUT2D eigenvalue weighted by molar-refractivity contribution is -0.227. The van der Waals surface area contributed by atoms with Gasteiger partial charge in [-0.3, -0.25) is 19.1 Å². The van der Waals surface area contributed by atoms with Gasteiger partial charge < -0.3 is 19.0 Å². The summed E-state index contributed by atoms with van der Waals surface area (Å²) in [4.78, 5) is 46.8. The van der Waals surface area contributed by atoms with E-state index in [4.69, 9.17) is 19.0 Å². The minimum Gasteiger partial charge on any atom is -0.375 e. The number of aryl methyl sites for hydroxylation is 1. The van der Waals surface area contributed by atoms with E-state index >= 15 is 0 Å². The van der Waals surface area contributed by atoms with Crippen molar-refractivity contribution in [3.63, 3.8) is 0 Å². The maximum atomic E-state index is 13.3. The van der Waals surface area contributed by atoms with Gasteiger partial charge in [-0.05, 0) is 23.6 Å². The smallest absolute Gasteiger partial charge is 0.329 e. The number of aromatic nitrogens is 2. The van der Waals surface area contributed by atoms with Crippen LogP contribution in [0.15, 0.2) is 107 Å². The number of nitrogens with zero attached hydrogens (tertiary/aromatic N) is 2. The highest BCUT2D eigenvalue weighted by Crippen LogP contribution is 2.38. The maximum Gasteiger partial charge on any atom is 0.329 e. The van der Waals surface area contributed by atoms with Crippen molar-refractivity contribution in [2.24, 2.45) is 0 Å². The molecule has 0 amide bonds. The summed E-state index contributed by atoms with van der Waals surface area (Å²) in [5.41, 5.74) is 1.99. The van der Waals surface area contributed by atoms with Crippen molar-refractivity contribution in [1.29, 1.82) is 0 Å². The van der Waals surface area contributed by atoms with Crippen molar-refractivity contribution in [3.8, 4) is 0 Å². The van der Waals surface area contributed by atoms with Gasteiger partial charge >= 0.3 is 11.7 Å². The Morgan fingerprint density at radius 2 is 1.30 bits per heavy atom. The van der Waals surface area contributed by atoms with E-state index in [1.807, 2.05) is 91.0 Å². The molecule has 44 heavy (non-hydrogen) atoms. The summed E-state index contributed by atoms with van der Waals surface area (Å²) in [7, 11) is 0. The molecule has 1 N–H and O–H groups in total. The van der Waals surface area contributed by atoms with Gasteiger partial charge in [-0.25, -0.2) is 4.79 Å². The van der Waals surface area contributed by atoms with Crippen molar-refractivity contribution >= 4 is 5.97 Å². The number of hydroxylamine groups is 2. The van der Waals surface area contributed by atoms with Gasteiger partial charge in [0.05, 0.1) is 26.4 Å². The average molecular weight is 600 g/mol. The second-order valence-corrected chi connectivity index (χ2v) is 10.7. The number of hydrogen-bond acceptors (Lipinski definition) is 8. The molecule has 1 aromatic heterocycles. The molecule has 1 saturated heterocycles. The second-order valence-electron chi connectivity index (χ2n) is 10.7. The molecule has 10 nitrogen and oxygen atoms in total. The van der Waals surface area contributed by atoms with Crippen LogP contribution in [-0.2, 0) is 43.7 Å². The van der Waals surface area contributed by atoms with Crippen molar-refractivity contribution in [3.05, 3.63) is 140 Å². The molecule has 10 heteroatoms. The van der Waals surface area contributed by atoms with Gasteiger partial charge in [-0.15, -0.1) is 5.06 Å². The molecule has 3 aromatic carbocycles. The third kappa shape index (κ3) is 7.59. The number of rotatable bonds is 13. The lowest BCUT2D eigenvalue weighted by Gasteiger charge is -2.30. The van der Waals surface area contributed by atoms with E-state index in [9.17, 15) is 14.4 Å². The fourth-order valence-corrected chi connectivity index (χ4v) is 5.20. The molecular weight excluding hydrogens is 562 g/mol. The number of carbonyl (C=O) groups excluding carboxylic acids is 1. The third-order valence-electron chi connectivity index (χ3n) is 7.48. The highest BCUT2D eigenvalue weighted by Gasteiger charge is 2.54. The summed E-state index contributed by atoms with van der Waals surface area (Å²) in [5.74, 6) is -0.497. The normalized spacial score (nSPS) is 20.0. The lowest BCUT2D eigenvalue weighted by Crippen LogP contribution is -2.45. The van der Waals surface area contributed by atoms with Gasteiger partial charge in [0.2, 0.25) is 0 Å². The topological polar surface area (TPSA) is 112 Å². The van der Waals surface area contributed by atoms with Crippen LogP contribution < -0.4 is 11.2 Å². The van der Waals surface area contributed by atoms with Crippen molar-refractivity contribution in [2.75, 3.05) is 6.61 Å². The number of carbonyl (C=O) groups is 1. The Bertz CT molecular complexity index is 1610. The molecule has 0 saturated carbocycles. The first-order valence-electron chi connectivity index (χ1n) is 14.7. The van der Waals surface area contributed by atoms with E-state index in [-0.39, 0.29) is 26.2 Å². The molecular formula is C34H37N3O7. The van der Waals surface area contributed by atoms with E-state index in [0.29, 0.717) is 12.2 Å². The largest absolute Gasteiger partial charge is 0.375 e. The van der Waals surface area contributed by atoms with Crippen molar-refractivity contribution in [1.82, 2.24) is 14.6 Å². The predicted molar refractivity (Wildman–Crippen MR) is 163 cm³/mol. The minimum absolute atomic E-state index is 0.101. The van der Waals surface area contributed by atoms with Gasteiger partial charge in [0.1, 0.15) is 18.2 Å². The van der Waals surface area contributed by atoms with Crippen LogP contribution in [0.4, 0.5) is 0 Å². The lowest BCUT2D eigenvalue weighted by atomic mass is 10.1. The molecule has 5 rings (SSSR count). The maximum absolute atomic E-state index is 13.3. The number of H-pyrrole nitrogens is 1. The number of hydrogen-bond donors (Lipinski definition) is 1. The Balaban J connectivity index is 1.56. The molecule has 0 spiro atoms. The summed E-state index contributed by atoms with van der Waals surface area (Å²) in [5, 5.41) is 1.45. The molecule has 1 fully saturated rings. The summed E-state index contributed by atoms with van der Waals surface area (Å²) < 4.78 is 20.7. The highest BCUT2D eigenvalue weighted by atomic mass is 16.7. The van der Waals surface area contributed by atoms with Gasteiger partial charge in [-0.2, -0.15) is 0 Å². The van der Waals surface area contributed by atoms with Gasteiger partial charge in [0.15, 0.2) is 6.17 Å². The van der Waals surface area contributed by atoms with Crippen LogP contribution in [0.2, 0.25) is 0 Å². The Morgan fingerprint density at radius 3 is 1.84 bits per heavy atom. The van der Waals surface area contributed by atoms with E-state index in [0.717, 1.165) is 16.7 Å². The monoisotopic (exact) mass is 599 g/mol. The fourth-order valence-electron chi connectivity index (χ4n) is 5.20. The van der Waals surface area contributed by atoms with Crippen LogP contribution in [0, 0.1) is 6.92 Å². The first-order valence-corrected chi connectivity index (χ1v) is 14.7. The molecule has 1 aliphatic heterocycles. The van der Waals surface area contributed by atoms with Crippen LogP contribution in [0.1, 0.15) is 41.8 Å². The van der Waals surface area contributed by atoms with Gasteiger partial charge in [0.25, 0.3) is 5.56 Å². The number of aromatic amines is 1. The average Bonchev–Trinajstić information content (AvgIpc) is 3.33. The molecule has 4 aromatic rings. The summed E-state index contributed by atoms with van der Waals surface area (Å²) >= 11 is 0. The Morgan fingerprint density at radius 1 is 0.773 bits per heavy atom. The molecule has 0 radical (unpaired) electrons. The standard InChI is InChI=1S/C34H37N3O7/c1-3-29(38)44-37-28(23-41-20-25-13-7-4-8-14-25)30(42-21-26-15-9-5-10-16-26)31(43-22-27-17-11-6-12-18-27)33(37)36-19-24(2)32(39)35-34(36)40/h4-19,28,30-31,33H,3,20-23H2,1-2H3,(H,35,39,40)/t28-,30-,31-,33-/m1/s1. The van der Waals surface area contributed by atoms with E-state index in [1.165, 1.54) is 15.8 Å². The quantitative estimate of drug-likeness (QED) is 0.242. The first-order chi connectivity index (χ1) is 21.4. The zero-order chi connectivity index (χ0) is 30.9. The van der Waals surface area contributed by atoms with Crippen molar-refractivity contribution < 1.29 is 23.8 Å². The molecule has 2 heterocycles. The summed E-state index contributed by atoms with van der Waals surface area (Å²) in [6.45, 7) is 4.17. The molecule has 0 aliphatic carbocycles. The molecule has 1 aliphatic rings. The van der Waals surface area contributed by atoms with Crippen molar-refractivity contribution in [2.45, 2.75) is 64.5 Å². The van der Waals surface area contributed by atoms with E-state index < -0.39 is 41.6 Å². The van der Waals surface area contributed by atoms with Gasteiger partial charge in [-0.1, -0.05) is 97.9 Å². The molecule has 0 unspecified atom stereocenters. The predicted octanol–water partition coefficient (Wildman–Crippen LogP) is 4.28. The SMILES string of the molecule is CCC(=O)ON1[C@H](COCc2ccccc2)[C@@H](OCc2ccccc2)[C@@H](OCc2ccccc2)[C@@H]1n1cc(C)c(=O)[nH]c1=O. The third-order valence-corrected chi connectivity index (χ3v) is 7.48. The zero-order valence-corrected chi connectivity index (χ0v) is 24.8. The van der Waals surface area contributed by atoms with Crippen LogP contribution in [0.3, 0.4) is 0 Å². The number of nitrogens with one attached hydrogen (secondary N) is 1. The molecule has 0 bridgehead atoms. The fraction of sp³-hybridized carbons (Fsp3) is 0.324. The van der Waals surface area contributed by atoms with Gasteiger partial charge in [0, 0.05) is 18.2 Å². The van der Waals surface area contributed by atoms with Crippen LogP contribution >= 0.6 is 0 Å². The van der Waals surface area contributed by atoms with Crippen LogP contribution in [-0.4, -0.2) is 45.4 Å². The second kappa shape index (κ2) is 14.9. The Hall–Kier alpha value is -4.35. The van der Waals surface area contributed by atoms with Crippen LogP contribution in [0.5, 0.6) is 0 Å².